The molecule has 3 aromatic rings. The molecule has 0 aliphatic carbocycles. The third-order valence-electron chi connectivity index (χ3n) is 5.45. The molecule has 7 nitrogen and oxygen atoms in total. The number of hydrogen-bond acceptors (Lipinski definition) is 6. The normalized spacial score (nSPS) is 14.6. The van der Waals surface area contributed by atoms with Crippen molar-refractivity contribution in [3.8, 4) is 0 Å². The van der Waals surface area contributed by atoms with Crippen LogP contribution in [0.4, 0.5) is 11.4 Å². The number of sulfone groups is 1. The Labute approximate surface area is 205 Å². The summed E-state index contributed by atoms with van der Waals surface area (Å²) in [6.07, 6.45) is 1.53. The maximum absolute atomic E-state index is 13.1. The number of fused-ring (bicyclic) bond motifs is 1. The van der Waals surface area contributed by atoms with Gasteiger partial charge in [0, 0.05) is 11.0 Å². The van der Waals surface area contributed by atoms with Gasteiger partial charge >= 0.3 is 0 Å². The van der Waals surface area contributed by atoms with E-state index in [0.717, 1.165) is 28.5 Å². The number of nitro benzene ring substituents is 1. The lowest BCUT2D eigenvalue weighted by Crippen LogP contribution is -2.18. The molecule has 4 rings (SSSR count). The Morgan fingerprint density at radius 1 is 1.09 bits per heavy atom. The second-order valence-electron chi connectivity index (χ2n) is 7.82. The fourth-order valence-corrected chi connectivity index (χ4v) is 6.29. The average molecular weight is 515 g/mol. The minimum Gasteiger partial charge on any atom is -0.320 e. The van der Waals surface area contributed by atoms with Gasteiger partial charge in [-0.05, 0) is 66.4 Å². The Hall–Kier alpha value is -3.14. The summed E-state index contributed by atoms with van der Waals surface area (Å²) < 4.78 is 26.2. The standard InChI is InChI=1S/C24H19ClN2O5S2/c1-14-4-3-5-15(2)18(14)13-34(31,32)17-7-9-22-20(12-17)26-24(28)23(33-22)11-16-6-8-19(25)21(10-16)27(29)30/h3-12H,13H2,1-2H3,(H,26,28)/b23-11-. The van der Waals surface area contributed by atoms with Crippen LogP contribution >= 0.6 is 23.4 Å². The van der Waals surface area contributed by atoms with Crippen LogP contribution in [0.15, 0.2) is 69.3 Å². The summed E-state index contributed by atoms with van der Waals surface area (Å²) in [6, 6.07) is 14.6. The lowest BCUT2D eigenvalue weighted by molar-refractivity contribution is -0.384. The van der Waals surface area contributed by atoms with E-state index in [4.69, 9.17) is 11.6 Å². The summed E-state index contributed by atoms with van der Waals surface area (Å²) in [6.45, 7) is 3.76. The first kappa shape index (κ1) is 24.0. The fourth-order valence-electron chi connectivity index (χ4n) is 3.59. The van der Waals surface area contributed by atoms with Crippen LogP contribution in [0, 0.1) is 24.0 Å². The predicted molar refractivity (Wildman–Crippen MR) is 134 cm³/mol. The van der Waals surface area contributed by atoms with Gasteiger partial charge in [0.15, 0.2) is 9.84 Å². The fraction of sp³-hybridized carbons (Fsp3) is 0.125. The molecule has 1 N–H and O–H groups in total. The Bertz CT molecular complexity index is 1460. The number of halogens is 1. The molecule has 0 bridgehead atoms. The zero-order chi connectivity index (χ0) is 24.6. The van der Waals surface area contributed by atoms with E-state index in [9.17, 15) is 23.3 Å². The third-order valence-corrected chi connectivity index (χ3v) is 8.51. The number of anilines is 1. The molecule has 1 aliphatic heterocycles. The number of amides is 1. The number of carbonyl (C=O) groups excluding carboxylic acids is 1. The second kappa shape index (κ2) is 9.25. The molecule has 0 fully saturated rings. The largest absolute Gasteiger partial charge is 0.320 e. The number of thioether (sulfide) groups is 1. The van der Waals surface area contributed by atoms with Gasteiger partial charge in [0.1, 0.15) is 5.02 Å². The quantitative estimate of drug-likeness (QED) is 0.257. The predicted octanol–water partition coefficient (Wildman–Crippen LogP) is 5.92. The molecule has 0 aromatic heterocycles. The van der Waals surface area contributed by atoms with Crippen molar-refractivity contribution in [2.45, 2.75) is 29.4 Å². The van der Waals surface area contributed by atoms with E-state index >= 15 is 0 Å². The summed E-state index contributed by atoms with van der Waals surface area (Å²) >= 11 is 7.01. The van der Waals surface area contributed by atoms with Crippen LogP contribution in [-0.2, 0) is 20.4 Å². The zero-order valence-corrected chi connectivity index (χ0v) is 20.6. The summed E-state index contributed by atoms with van der Waals surface area (Å²) in [4.78, 5) is 24.3. The SMILES string of the molecule is Cc1cccc(C)c1CS(=O)(=O)c1ccc2c(c1)NC(=O)/C(=C/c1ccc(Cl)c([N+](=O)[O-])c1)S2. The first-order chi connectivity index (χ1) is 16.0. The van der Waals surface area contributed by atoms with Gasteiger partial charge in [-0.25, -0.2) is 8.42 Å². The van der Waals surface area contributed by atoms with Crippen molar-refractivity contribution in [1.82, 2.24) is 0 Å². The molecule has 0 spiro atoms. The van der Waals surface area contributed by atoms with Gasteiger partial charge in [-0.3, -0.25) is 14.9 Å². The molecule has 1 amide bonds. The molecular formula is C24H19ClN2O5S2. The Morgan fingerprint density at radius 2 is 1.79 bits per heavy atom. The van der Waals surface area contributed by atoms with Crippen molar-refractivity contribution in [3.05, 3.63) is 96.9 Å². The van der Waals surface area contributed by atoms with Crippen LogP contribution in [0.5, 0.6) is 0 Å². The van der Waals surface area contributed by atoms with Crippen LogP contribution < -0.4 is 5.32 Å². The molecule has 0 saturated heterocycles. The summed E-state index contributed by atoms with van der Waals surface area (Å²) in [7, 11) is -3.64. The number of nitro groups is 1. The topological polar surface area (TPSA) is 106 Å². The van der Waals surface area contributed by atoms with Crippen LogP contribution in [-0.4, -0.2) is 19.2 Å². The molecule has 0 saturated carbocycles. The lowest BCUT2D eigenvalue weighted by atomic mass is 10.1. The summed E-state index contributed by atoms with van der Waals surface area (Å²) in [5.74, 6) is -0.564. The monoisotopic (exact) mass is 514 g/mol. The van der Waals surface area contributed by atoms with Gasteiger partial charge in [0.2, 0.25) is 0 Å². The maximum Gasteiger partial charge on any atom is 0.288 e. The van der Waals surface area contributed by atoms with Crippen molar-refractivity contribution in [1.29, 1.82) is 0 Å². The van der Waals surface area contributed by atoms with E-state index in [-0.39, 0.29) is 21.4 Å². The van der Waals surface area contributed by atoms with E-state index in [1.807, 2.05) is 32.0 Å². The van der Waals surface area contributed by atoms with E-state index in [1.165, 1.54) is 30.3 Å². The van der Waals surface area contributed by atoms with E-state index in [0.29, 0.717) is 21.1 Å². The van der Waals surface area contributed by atoms with E-state index < -0.39 is 20.7 Å². The molecule has 0 atom stereocenters. The number of nitrogens with zero attached hydrogens (tertiary/aromatic N) is 1. The van der Waals surface area contributed by atoms with Gasteiger partial charge in [-0.15, -0.1) is 0 Å². The zero-order valence-electron chi connectivity index (χ0n) is 18.2. The number of rotatable bonds is 5. The summed E-state index contributed by atoms with van der Waals surface area (Å²) in [5.41, 5.74) is 3.17. The smallest absolute Gasteiger partial charge is 0.288 e. The minimum atomic E-state index is -3.64. The number of carbonyl (C=O) groups is 1. The van der Waals surface area contributed by atoms with Gasteiger partial charge in [0.25, 0.3) is 11.6 Å². The molecule has 0 unspecified atom stereocenters. The lowest BCUT2D eigenvalue weighted by Gasteiger charge is -2.20. The van der Waals surface area contributed by atoms with Crippen LogP contribution in [0.25, 0.3) is 6.08 Å². The number of benzene rings is 3. The van der Waals surface area contributed by atoms with E-state index in [2.05, 4.69) is 5.32 Å². The highest BCUT2D eigenvalue weighted by Crippen LogP contribution is 2.40. The first-order valence-electron chi connectivity index (χ1n) is 10.1. The Kier molecular flexibility index (Phi) is 6.53. The third kappa shape index (κ3) is 4.86. The molecular weight excluding hydrogens is 496 g/mol. The number of nitrogens with one attached hydrogen (secondary N) is 1. The Balaban J connectivity index is 1.62. The van der Waals surface area contributed by atoms with Gasteiger partial charge in [-0.1, -0.05) is 47.6 Å². The van der Waals surface area contributed by atoms with Crippen molar-refractivity contribution in [2.24, 2.45) is 0 Å². The van der Waals surface area contributed by atoms with Crippen LogP contribution in [0.2, 0.25) is 5.02 Å². The molecule has 10 heteroatoms. The minimum absolute atomic E-state index is 0.00729. The molecule has 34 heavy (non-hydrogen) atoms. The van der Waals surface area contributed by atoms with Crippen molar-refractivity contribution >= 4 is 56.6 Å². The molecule has 1 aliphatic rings. The Morgan fingerprint density at radius 3 is 2.47 bits per heavy atom. The molecule has 174 valence electrons. The highest BCUT2D eigenvalue weighted by Gasteiger charge is 2.25. The van der Waals surface area contributed by atoms with Gasteiger partial charge in [-0.2, -0.15) is 0 Å². The number of aryl methyl sites for hydroxylation is 2. The van der Waals surface area contributed by atoms with Crippen molar-refractivity contribution < 1.29 is 18.1 Å². The summed E-state index contributed by atoms with van der Waals surface area (Å²) in [5, 5.41) is 13.9. The van der Waals surface area contributed by atoms with Crippen LogP contribution in [0.1, 0.15) is 22.3 Å². The highest BCUT2D eigenvalue weighted by atomic mass is 35.5. The second-order valence-corrected chi connectivity index (χ2v) is 11.3. The van der Waals surface area contributed by atoms with Crippen LogP contribution in [0.3, 0.4) is 0 Å². The first-order valence-corrected chi connectivity index (χ1v) is 13.0. The van der Waals surface area contributed by atoms with Gasteiger partial charge < -0.3 is 5.32 Å². The average Bonchev–Trinajstić information content (AvgIpc) is 2.77. The molecule has 1 heterocycles. The van der Waals surface area contributed by atoms with Crippen molar-refractivity contribution in [3.63, 3.8) is 0 Å². The maximum atomic E-state index is 13.1. The van der Waals surface area contributed by atoms with E-state index in [1.54, 1.807) is 12.1 Å². The van der Waals surface area contributed by atoms with Gasteiger partial charge in [0.05, 0.1) is 26.2 Å². The number of hydrogen-bond donors (Lipinski definition) is 1. The molecule has 0 radical (unpaired) electrons. The van der Waals surface area contributed by atoms with Crippen molar-refractivity contribution in [2.75, 3.05) is 5.32 Å². The highest BCUT2D eigenvalue weighted by molar-refractivity contribution is 8.04. The molecule has 3 aromatic carbocycles.